The molecule has 1 unspecified atom stereocenters. The van der Waals surface area contributed by atoms with Crippen molar-refractivity contribution >= 4 is 5.69 Å². The molecule has 1 heterocycles. The third-order valence-corrected chi connectivity index (χ3v) is 4.84. The number of halogens is 9. The number of hydrogen-bond acceptors (Lipinski definition) is 5. The molecule has 0 aliphatic carbocycles. The van der Waals surface area contributed by atoms with Gasteiger partial charge in [0, 0.05) is 36.1 Å². The Morgan fingerprint density at radius 2 is 1.62 bits per heavy atom. The van der Waals surface area contributed by atoms with Crippen LogP contribution in [0.15, 0.2) is 60.8 Å². The van der Waals surface area contributed by atoms with Gasteiger partial charge in [-0.1, -0.05) is 6.07 Å². The van der Waals surface area contributed by atoms with E-state index in [0.29, 0.717) is 18.2 Å². The second kappa shape index (κ2) is 11.2. The molecule has 1 N–H and O–H groups in total. The fourth-order valence-corrected chi connectivity index (χ4v) is 3.14. The van der Waals surface area contributed by atoms with Crippen LogP contribution >= 0.6 is 0 Å². The van der Waals surface area contributed by atoms with Gasteiger partial charge >= 0.3 is 19.0 Å². The third kappa shape index (κ3) is 7.90. The first kappa shape index (κ1) is 27.9. The maximum absolute atomic E-state index is 14.3. The monoisotopic (exact) mass is 540 g/mol. The van der Waals surface area contributed by atoms with E-state index in [2.05, 4.69) is 9.72 Å². The van der Waals surface area contributed by atoms with Crippen molar-refractivity contribution in [2.75, 3.05) is 11.4 Å². The van der Waals surface area contributed by atoms with Gasteiger partial charge in [0.2, 0.25) is 5.88 Å². The lowest BCUT2D eigenvalue weighted by molar-refractivity contribution is -0.200. The summed E-state index contributed by atoms with van der Waals surface area (Å²) in [5, 5.41) is 9.60. The fraction of sp³-hybridized carbons (Fsp3) is 0.261. The van der Waals surface area contributed by atoms with E-state index >= 15 is 0 Å². The molecule has 0 aliphatic heterocycles. The van der Waals surface area contributed by atoms with Crippen molar-refractivity contribution in [2.24, 2.45) is 0 Å². The fourth-order valence-electron chi connectivity index (χ4n) is 3.14. The number of hydrogen-bond donors (Lipinski definition) is 1. The summed E-state index contributed by atoms with van der Waals surface area (Å²) in [7, 11) is 0. The number of benzene rings is 2. The Morgan fingerprint density at radius 1 is 0.919 bits per heavy atom. The maximum atomic E-state index is 14.3. The predicted molar refractivity (Wildman–Crippen MR) is 112 cm³/mol. The zero-order valence-corrected chi connectivity index (χ0v) is 18.4. The van der Waals surface area contributed by atoms with Crippen LogP contribution in [0.3, 0.4) is 0 Å². The molecule has 0 radical (unpaired) electrons. The zero-order chi connectivity index (χ0) is 27.4. The Morgan fingerprint density at radius 3 is 2.27 bits per heavy atom. The lowest BCUT2D eigenvalue weighted by Crippen LogP contribution is -2.41. The molecule has 37 heavy (non-hydrogen) atoms. The molecule has 3 rings (SSSR count). The quantitative estimate of drug-likeness (QED) is 0.312. The summed E-state index contributed by atoms with van der Waals surface area (Å²) in [6, 6.07) is 8.88. The first-order valence-corrected chi connectivity index (χ1v) is 10.3. The Labute approximate surface area is 203 Å². The van der Waals surface area contributed by atoms with Gasteiger partial charge < -0.3 is 19.5 Å². The van der Waals surface area contributed by atoms with Crippen LogP contribution in [0, 0.1) is 5.82 Å². The van der Waals surface area contributed by atoms with Crippen molar-refractivity contribution in [1.29, 1.82) is 0 Å². The molecular formula is C23H17F9N2O3. The molecule has 14 heteroatoms. The van der Waals surface area contributed by atoms with Crippen LogP contribution < -0.4 is 14.4 Å². The van der Waals surface area contributed by atoms with Crippen molar-refractivity contribution in [1.82, 2.24) is 4.98 Å². The van der Waals surface area contributed by atoms with Gasteiger partial charge in [0.25, 0.3) is 0 Å². The molecule has 1 atom stereocenters. The second-order valence-corrected chi connectivity index (χ2v) is 7.55. The number of aliphatic hydroxyl groups is 1. The minimum absolute atomic E-state index is 0.0253. The van der Waals surface area contributed by atoms with E-state index in [9.17, 15) is 44.6 Å². The highest BCUT2D eigenvalue weighted by atomic mass is 19.4. The Bertz CT molecular complexity index is 1200. The Kier molecular flexibility index (Phi) is 8.41. The van der Waals surface area contributed by atoms with E-state index in [0.717, 1.165) is 17.2 Å². The summed E-state index contributed by atoms with van der Waals surface area (Å²) >= 11 is 0. The minimum Gasteiger partial charge on any atom is -0.457 e. The van der Waals surface area contributed by atoms with E-state index in [1.807, 2.05) is 0 Å². The zero-order valence-electron chi connectivity index (χ0n) is 18.4. The van der Waals surface area contributed by atoms with Gasteiger partial charge in [-0.3, -0.25) is 0 Å². The van der Waals surface area contributed by atoms with Crippen molar-refractivity contribution in [3.63, 3.8) is 0 Å². The van der Waals surface area contributed by atoms with Crippen LogP contribution in [-0.4, -0.2) is 35.5 Å². The molecule has 5 nitrogen and oxygen atoms in total. The molecule has 0 amide bonds. The van der Waals surface area contributed by atoms with Gasteiger partial charge in [0.1, 0.15) is 17.3 Å². The average molecular weight is 540 g/mol. The van der Waals surface area contributed by atoms with Gasteiger partial charge in [0.05, 0.1) is 12.1 Å². The van der Waals surface area contributed by atoms with Crippen LogP contribution in [-0.2, 0) is 12.7 Å². The summed E-state index contributed by atoms with van der Waals surface area (Å²) in [5.74, 6) is -1.63. The summed E-state index contributed by atoms with van der Waals surface area (Å²) in [6.45, 7) is -5.07. The lowest BCUT2D eigenvalue weighted by Gasteiger charge is -2.29. The smallest absolute Gasteiger partial charge is 0.416 e. The summed E-state index contributed by atoms with van der Waals surface area (Å²) in [4.78, 5) is 4.38. The standard InChI is InChI=1S/C23H17F9N2O3/c24-18-5-4-14(22(27,28)29)8-13(18)11-34(12-19(35)23(30,31)32)15-2-1-3-16(9-15)36-17-6-7-33-20(10-17)37-21(25)26/h1-10,19,21,35H,11-12H2. The molecule has 3 aromatic rings. The molecule has 0 aliphatic rings. The first-order chi connectivity index (χ1) is 17.2. The molecule has 0 fully saturated rings. The third-order valence-electron chi connectivity index (χ3n) is 4.84. The van der Waals surface area contributed by atoms with Crippen LogP contribution in [0.5, 0.6) is 17.4 Å². The van der Waals surface area contributed by atoms with E-state index in [1.165, 1.54) is 30.3 Å². The normalized spacial score (nSPS) is 12.9. The molecule has 200 valence electrons. The van der Waals surface area contributed by atoms with Crippen LogP contribution in [0.2, 0.25) is 0 Å². The summed E-state index contributed by atoms with van der Waals surface area (Å²) in [6.07, 6.45) is -11.7. The van der Waals surface area contributed by atoms with Gasteiger partial charge in [-0.25, -0.2) is 9.37 Å². The largest absolute Gasteiger partial charge is 0.457 e. The minimum atomic E-state index is -5.07. The molecule has 0 spiro atoms. The second-order valence-electron chi connectivity index (χ2n) is 7.55. The number of aromatic nitrogens is 1. The maximum Gasteiger partial charge on any atom is 0.416 e. The highest BCUT2D eigenvalue weighted by Crippen LogP contribution is 2.33. The number of rotatable bonds is 9. The van der Waals surface area contributed by atoms with Crippen molar-refractivity contribution < 1.29 is 54.1 Å². The lowest BCUT2D eigenvalue weighted by atomic mass is 10.1. The van der Waals surface area contributed by atoms with Crippen LogP contribution in [0.25, 0.3) is 0 Å². The number of ether oxygens (including phenoxy) is 2. The van der Waals surface area contributed by atoms with E-state index in [1.54, 1.807) is 0 Å². The Balaban J connectivity index is 1.93. The molecule has 0 saturated carbocycles. The molecule has 2 aromatic carbocycles. The van der Waals surface area contributed by atoms with Crippen molar-refractivity contribution in [3.8, 4) is 17.4 Å². The number of alkyl halides is 8. The van der Waals surface area contributed by atoms with Crippen molar-refractivity contribution in [3.05, 3.63) is 77.7 Å². The highest BCUT2D eigenvalue weighted by Gasteiger charge is 2.39. The first-order valence-electron chi connectivity index (χ1n) is 10.3. The van der Waals surface area contributed by atoms with Gasteiger partial charge in [-0.05, 0) is 36.4 Å². The summed E-state index contributed by atoms with van der Waals surface area (Å²) < 4.78 is 127. The van der Waals surface area contributed by atoms with Gasteiger partial charge in [-0.15, -0.1) is 0 Å². The van der Waals surface area contributed by atoms with Crippen LogP contribution in [0.1, 0.15) is 11.1 Å². The topological polar surface area (TPSA) is 54.8 Å². The van der Waals surface area contributed by atoms with Gasteiger partial charge in [0.15, 0.2) is 6.10 Å². The van der Waals surface area contributed by atoms with E-state index in [-0.39, 0.29) is 17.2 Å². The Hall–Kier alpha value is -3.68. The number of anilines is 1. The van der Waals surface area contributed by atoms with Crippen molar-refractivity contribution in [2.45, 2.75) is 31.6 Å². The number of nitrogens with zero attached hydrogens (tertiary/aromatic N) is 2. The predicted octanol–water partition coefficient (Wildman–Crippen LogP) is 6.56. The summed E-state index contributed by atoms with van der Waals surface area (Å²) in [5.41, 5.74) is -1.86. The van der Waals surface area contributed by atoms with E-state index in [4.69, 9.17) is 4.74 Å². The molecule has 1 aromatic heterocycles. The number of aliphatic hydroxyl groups excluding tert-OH is 1. The van der Waals surface area contributed by atoms with Gasteiger partial charge in [-0.2, -0.15) is 35.1 Å². The molecular weight excluding hydrogens is 523 g/mol. The average Bonchev–Trinajstić information content (AvgIpc) is 2.78. The molecule has 0 saturated heterocycles. The highest BCUT2D eigenvalue weighted by molar-refractivity contribution is 5.52. The number of pyridine rings is 1. The van der Waals surface area contributed by atoms with E-state index < -0.39 is 61.0 Å². The molecule has 0 bridgehead atoms. The van der Waals surface area contributed by atoms with Crippen LogP contribution in [0.4, 0.5) is 45.2 Å². The SMILES string of the molecule is OC(CN(Cc1cc(C(F)(F)F)ccc1F)c1cccc(Oc2ccnc(OC(F)F)c2)c1)C(F)(F)F.